The van der Waals surface area contributed by atoms with Crippen LogP contribution in [0.1, 0.15) is 12.0 Å². The van der Waals surface area contributed by atoms with Crippen LogP contribution in [0.25, 0.3) is 11.1 Å². The quantitative estimate of drug-likeness (QED) is 0.214. The average molecular weight is 553 g/mol. The van der Waals surface area contributed by atoms with Crippen LogP contribution in [0.4, 0.5) is 5.69 Å². The van der Waals surface area contributed by atoms with E-state index in [2.05, 4.69) is 23.5 Å². The summed E-state index contributed by atoms with van der Waals surface area (Å²) in [5, 5.41) is 3.22. The number of anilines is 1. The smallest absolute Gasteiger partial charge is 0.241 e. The number of hydrogen-bond donors (Lipinski definition) is 1. The largest absolute Gasteiger partial charge is 0.496 e. The summed E-state index contributed by atoms with van der Waals surface area (Å²) in [7, 11) is 1.66. The zero-order valence-corrected chi connectivity index (χ0v) is 23.3. The van der Waals surface area contributed by atoms with Gasteiger partial charge in [0.2, 0.25) is 5.91 Å². The molecule has 0 radical (unpaired) electrons. The Kier molecular flexibility index (Phi) is 9.87. The van der Waals surface area contributed by atoms with Gasteiger partial charge in [0.1, 0.15) is 23.9 Å². The second kappa shape index (κ2) is 14.3. The molecule has 0 aliphatic carbocycles. The van der Waals surface area contributed by atoms with E-state index in [9.17, 15) is 4.79 Å². The van der Waals surface area contributed by atoms with Gasteiger partial charge < -0.3 is 29.2 Å². The highest BCUT2D eigenvalue weighted by Gasteiger charge is 2.29. The number of ether oxygens (including phenoxy) is 4. The maximum atomic E-state index is 12.9. The Balaban J connectivity index is 1.11. The molecule has 41 heavy (non-hydrogen) atoms. The molecule has 0 spiro atoms. The monoisotopic (exact) mass is 552 g/mol. The summed E-state index contributed by atoms with van der Waals surface area (Å²) in [6.07, 6.45) is 0.762. The van der Waals surface area contributed by atoms with Gasteiger partial charge in [0.15, 0.2) is 0 Å². The molecule has 0 aromatic heterocycles. The fraction of sp³-hybridized carbons (Fsp3) is 0.265. The molecule has 7 heteroatoms. The minimum Gasteiger partial charge on any atom is -0.496 e. The summed E-state index contributed by atoms with van der Waals surface area (Å²) in [5.74, 6) is 2.38. The molecule has 1 saturated heterocycles. The number of methoxy groups -OCH3 is 1. The van der Waals surface area contributed by atoms with Crippen molar-refractivity contribution in [3.05, 3.63) is 109 Å². The number of carbonyl (C=O) groups is 1. The second-order valence-corrected chi connectivity index (χ2v) is 9.81. The molecule has 1 aliphatic heterocycles. The number of carbonyl (C=O) groups excluding carboxylic acids is 1. The summed E-state index contributed by atoms with van der Waals surface area (Å²) in [4.78, 5) is 14.7. The van der Waals surface area contributed by atoms with Crippen molar-refractivity contribution in [3.63, 3.8) is 0 Å². The predicted octanol–water partition coefficient (Wildman–Crippen LogP) is 5.73. The van der Waals surface area contributed by atoms with Crippen molar-refractivity contribution in [3.8, 4) is 28.4 Å². The van der Waals surface area contributed by atoms with Gasteiger partial charge in [0.25, 0.3) is 0 Å². The molecule has 1 fully saturated rings. The van der Waals surface area contributed by atoms with Crippen LogP contribution < -0.4 is 24.4 Å². The van der Waals surface area contributed by atoms with Crippen LogP contribution in [0.3, 0.4) is 0 Å². The van der Waals surface area contributed by atoms with Crippen molar-refractivity contribution in [1.29, 1.82) is 0 Å². The first kappa shape index (κ1) is 28.2. The lowest BCUT2D eigenvalue weighted by Crippen LogP contribution is -2.57. The van der Waals surface area contributed by atoms with Crippen LogP contribution >= 0.6 is 0 Å². The lowest BCUT2D eigenvalue weighted by Gasteiger charge is -2.36. The number of piperazine rings is 1. The molecule has 1 N–H and O–H groups in total. The topological polar surface area (TPSA) is 69.3 Å². The molecule has 4 aromatic rings. The SMILES string of the molecule is COc1ccccc1COCCCOc1ccc(N2C(=O)CNC[C@@H]2COc2cccc(-c3ccccc3)c2)cc1. The number of rotatable bonds is 13. The highest BCUT2D eigenvalue weighted by molar-refractivity contribution is 5.96. The summed E-state index contributed by atoms with van der Waals surface area (Å²) in [6, 6.07) is 33.6. The first-order valence-electron chi connectivity index (χ1n) is 13.9. The molecule has 1 atom stereocenters. The fourth-order valence-corrected chi connectivity index (χ4v) is 4.86. The van der Waals surface area contributed by atoms with E-state index < -0.39 is 0 Å². The normalized spacial score (nSPS) is 15.0. The zero-order chi connectivity index (χ0) is 28.3. The van der Waals surface area contributed by atoms with Crippen molar-refractivity contribution >= 4 is 11.6 Å². The predicted molar refractivity (Wildman–Crippen MR) is 161 cm³/mol. The minimum atomic E-state index is -0.135. The number of nitrogens with one attached hydrogen (secondary N) is 1. The van der Waals surface area contributed by atoms with E-state index in [4.69, 9.17) is 18.9 Å². The Hall–Kier alpha value is -4.33. The van der Waals surface area contributed by atoms with E-state index in [0.717, 1.165) is 46.0 Å². The van der Waals surface area contributed by atoms with Crippen molar-refractivity contribution in [1.82, 2.24) is 5.32 Å². The molecule has 212 valence electrons. The molecular weight excluding hydrogens is 516 g/mol. The van der Waals surface area contributed by atoms with Gasteiger partial charge in [-0.1, -0.05) is 60.7 Å². The van der Waals surface area contributed by atoms with Crippen LogP contribution in [0.2, 0.25) is 0 Å². The number of nitrogens with zero attached hydrogens (tertiary/aromatic N) is 1. The Labute approximate surface area is 241 Å². The molecule has 1 aliphatic rings. The molecule has 1 heterocycles. The van der Waals surface area contributed by atoms with Gasteiger partial charge in [0.05, 0.1) is 39.5 Å². The minimum absolute atomic E-state index is 0.0174. The molecule has 7 nitrogen and oxygen atoms in total. The van der Waals surface area contributed by atoms with Crippen molar-refractivity contribution in [2.24, 2.45) is 0 Å². The van der Waals surface area contributed by atoms with Crippen molar-refractivity contribution in [2.45, 2.75) is 19.1 Å². The van der Waals surface area contributed by atoms with Gasteiger partial charge in [0, 0.05) is 24.2 Å². The number of para-hydroxylation sites is 1. The first-order chi connectivity index (χ1) is 20.2. The molecule has 0 bridgehead atoms. The summed E-state index contributed by atoms with van der Waals surface area (Å²) in [6.45, 7) is 2.95. The third-order valence-corrected chi connectivity index (χ3v) is 6.94. The maximum absolute atomic E-state index is 12.9. The lowest BCUT2D eigenvalue weighted by atomic mass is 10.1. The highest BCUT2D eigenvalue weighted by atomic mass is 16.5. The highest BCUT2D eigenvalue weighted by Crippen LogP contribution is 2.26. The van der Waals surface area contributed by atoms with E-state index >= 15 is 0 Å². The van der Waals surface area contributed by atoms with Gasteiger partial charge in [-0.05, 0) is 53.6 Å². The van der Waals surface area contributed by atoms with E-state index in [1.807, 2.05) is 89.8 Å². The Bertz CT molecular complexity index is 1390. The van der Waals surface area contributed by atoms with Gasteiger partial charge in [-0.25, -0.2) is 0 Å². The fourth-order valence-electron chi connectivity index (χ4n) is 4.86. The van der Waals surface area contributed by atoms with Gasteiger partial charge in [-0.2, -0.15) is 0 Å². The first-order valence-corrected chi connectivity index (χ1v) is 13.9. The van der Waals surface area contributed by atoms with Crippen LogP contribution in [0, 0.1) is 0 Å². The van der Waals surface area contributed by atoms with Gasteiger partial charge >= 0.3 is 0 Å². The van der Waals surface area contributed by atoms with E-state index in [0.29, 0.717) is 39.5 Å². The summed E-state index contributed by atoms with van der Waals surface area (Å²) < 4.78 is 23.2. The summed E-state index contributed by atoms with van der Waals surface area (Å²) in [5.41, 5.74) is 4.09. The van der Waals surface area contributed by atoms with Gasteiger partial charge in [-0.3, -0.25) is 4.79 Å². The molecule has 0 unspecified atom stereocenters. The number of amides is 1. The van der Waals surface area contributed by atoms with Crippen molar-refractivity contribution < 1.29 is 23.7 Å². The standard InChI is InChI=1S/C34H36N2O5/c1-38-33-14-6-5-11-28(33)24-39-19-8-20-40-31-17-15-29(16-18-31)36-30(22-35-23-34(36)37)25-41-32-13-7-12-27(21-32)26-9-3-2-4-10-26/h2-7,9-18,21,30,35H,8,19-20,22-25H2,1H3/t30-/m1/s1. The Morgan fingerprint density at radius 3 is 2.41 bits per heavy atom. The van der Waals surface area contributed by atoms with Gasteiger partial charge in [-0.15, -0.1) is 0 Å². The third kappa shape index (κ3) is 7.66. The summed E-state index contributed by atoms with van der Waals surface area (Å²) >= 11 is 0. The van der Waals surface area contributed by atoms with E-state index in [1.54, 1.807) is 7.11 Å². The third-order valence-electron chi connectivity index (χ3n) is 6.94. The van der Waals surface area contributed by atoms with Crippen LogP contribution in [-0.4, -0.2) is 52.0 Å². The molecule has 0 saturated carbocycles. The molecule has 4 aromatic carbocycles. The maximum Gasteiger partial charge on any atom is 0.241 e. The zero-order valence-electron chi connectivity index (χ0n) is 23.3. The number of benzene rings is 4. The molecular formula is C34H36N2O5. The van der Waals surface area contributed by atoms with Crippen LogP contribution in [0.15, 0.2) is 103 Å². The van der Waals surface area contributed by atoms with Crippen LogP contribution in [-0.2, 0) is 16.1 Å². The second-order valence-electron chi connectivity index (χ2n) is 9.81. The van der Waals surface area contributed by atoms with E-state index in [-0.39, 0.29) is 11.9 Å². The molecule has 5 rings (SSSR count). The average Bonchev–Trinajstić information content (AvgIpc) is 3.03. The Morgan fingerprint density at radius 1 is 0.805 bits per heavy atom. The number of hydrogen-bond acceptors (Lipinski definition) is 6. The van der Waals surface area contributed by atoms with Crippen molar-refractivity contribution in [2.75, 3.05) is 44.9 Å². The molecule has 1 amide bonds. The van der Waals surface area contributed by atoms with Crippen LogP contribution in [0.5, 0.6) is 17.2 Å². The lowest BCUT2D eigenvalue weighted by molar-refractivity contribution is -0.119. The Morgan fingerprint density at radius 2 is 1.59 bits per heavy atom. The van der Waals surface area contributed by atoms with E-state index in [1.165, 1.54) is 0 Å².